The number of carbonyl (C=O) groups is 2. The van der Waals surface area contributed by atoms with Gasteiger partial charge >= 0.3 is 5.97 Å². The van der Waals surface area contributed by atoms with Crippen molar-refractivity contribution < 1.29 is 14.3 Å². The van der Waals surface area contributed by atoms with Crippen molar-refractivity contribution in [1.29, 1.82) is 0 Å². The standard InChI is InChI=1S/C11H19N5O3/c1-4-5-11(2,12)9(18)14-10-13-7(15-16-10)6-8(17)19-3/h4-6,12H2,1-3H3,(H2,13,14,15,16,18). The number of methoxy groups -OCH3 is 1. The summed E-state index contributed by atoms with van der Waals surface area (Å²) in [4.78, 5) is 26.9. The first-order valence-electron chi connectivity index (χ1n) is 5.97. The van der Waals surface area contributed by atoms with E-state index in [9.17, 15) is 9.59 Å². The molecule has 0 bridgehead atoms. The van der Waals surface area contributed by atoms with Crippen molar-refractivity contribution in [2.45, 2.75) is 38.6 Å². The molecule has 1 aromatic heterocycles. The predicted octanol–water partition coefficient (Wildman–Crippen LogP) is -0.0238. The topological polar surface area (TPSA) is 123 Å². The Bertz CT molecular complexity index is 455. The lowest BCUT2D eigenvalue weighted by atomic mass is 9.97. The van der Waals surface area contributed by atoms with Crippen LogP contribution >= 0.6 is 0 Å². The number of carbonyl (C=O) groups excluding carboxylic acids is 2. The van der Waals surface area contributed by atoms with Gasteiger partial charge in [0.25, 0.3) is 0 Å². The molecular formula is C11H19N5O3. The predicted molar refractivity (Wildman–Crippen MR) is 68.2 cm³/mol. The smallest absolute Gasteiger partial charge is 0.313 e. The molecule has 1 heterocycles. The number of nitrogens with two attached hydrogens (primary N) is 1. The SMILES string of the molecule is CCCC(C)(N)C(=O)Nc1n[nH]c(CC(=O)OC)n1. The van der Waals surface area contributed by atoms with Gasteiger partial charge in [0.15, 0.2) is 0 Å². The Morgan fingerprint density at radius 1 is 1.53 bits per heavy atom. The maximum absolute atomic E-state index is 11.9. The molecule has 0 aliphatic rings. The Morgan fingerprint density at radius 3 is 2.79 bits per heavy atom. The number of aromatic nitrogens is 3. The first-order chi connectivity index (χ1) is 8.89. The highest BCUT2D eigenvalue weighted by molar-refractivity contribution is 5.96. The van der Waals surface area contributed by atoms with Crippen LogP contribution in [0.4, 0.5) is 5.95 Å². The number of hydrogen-bond acceptors (Lipinski definition) is 6. The largest absolute Gasteiger partial charge is 0.469 e. The number of nitrogens with one attached hydrogen (secondary N) is 2. The van der Waals surface area contributed by atoms with Crippen LogP contribution in [-0.2, 0) is 20.7 Å². The van der Waals surface area contributed by atoms with Gasteiger partial charge in [0, 0.05) is 0 Å². The summed E-state index contributed by atoms with van der Waals surface area (Å²) in [6.45, 7) is 3.59. The van der Waals surface area contributed by atoms with Gasteiger partial charge in [-0.15, -0.1) is 5.10 Å². The Balaban J connectivity index is 2.63. The number of amides is 1. The van der Waals surface area contributed by atoms with Crippen LogP contribution in [0.2, 0.25) is 0 Å². The zero-order chi connectivity index (χ0) is 14.5. The summed E-state index contributed by atoms with van der Waals surface area (Å²) in [5, 5.41) is 8.84. The van der Waals surface area contributed by atoms with E-state index in [4.69, 9.17) is 5.73 Å². The highest BCUT2D eigenvalue weighted by Crippen LogP contribution is 2.11. The van der Waals surface area contributed by atoms with E-state index in [0.29, 0.717) is 12.2 Å². The van der Waals surface area contributed by atoms with Gasteiger partial charge in [-0.1, -0.05) is 13.3 Å². The summed E-state index contributed by atoms with van der Waals surface area (Å²) in [7, 11) is 1.28. The van der Waals surface area contributed by atoms with Gasteiger partial charge in [0.05, 0.1) is 12.6 Å². The van der Waals surface area contributed by atoms with Gasteiger partial charge in [0.1, 0.15) is 12.2 Å². The first kappa shape index (κ1) is 15.1. The van der Waals surface area contributed by atoms with E-state index < -0.39 is 11.5 Å². The maximum Gasteiger partial charge on any atom is 0.313 e. The molecule has 8 nitrogen and oxygen atoms in total. The second-order valence-electron chi connectivity index (χ2n) is 4.48. The highest BCUT2D eigenvalue weighted by atomic mass is 16.5. The van der Waals surface area contributed by atoms with Gasteiger partial charge < -0.3 is 10.5 Å². The molecule has 0 spiro atoms. The number of rotatable bonds is 6. The number of esters is 1. The lowest BCUT2D eigenvalue weighted by Gasteiger charge is -2.21. The fourth-order valence-electron chi connectivity index (χ4n) is 1.52. The Kier molecular flexibility index (Phi) is 4.99. The minimum absolute atomic E-state index is 0.0335. The van der Waals surface area contributed by atoms with E-state index in [2.05, 4.69) is 25.2 Å². The second kappa shape index (κ2) is 6.28. The average molecular weight is 269 g/mol. The van der Waals surface area contributed by atoms with Crippen LogP contribution in [0.25, 0.3) is 0 Å². The molecule has 106 valence electrons. The lowest BCUT2D eigenvalue weighted by Crippen LogP contribution is -2.48. The first-order valence-corrected chi connectivity index (χ1v) is 5.97. The number of ether oxygens (including phenoxy) is 1. The molecule has 1 unspecified atom stereocenters. The lowest BCUT2D eigenvalue weighted by molar-refractivity contribution is -0.139. The molecular weight excluding hydrogens is 250 g/mol. The van der Waals surface area contributed by atoms with Crippen LogP contribution < -0.4 is 11.1 Å². The average Bonchev–Trinajstić information content (AvgIpc) is 2.76. The van der Waals surface area contributed by atoms with E-state index in [1.165, 1.54) is 7.11 Å². The fraction of sp³-hybridized carbons (Fsp3) is 0.636. The third-order valence-electron chi connectivity index (χ3n) is 2.58. The van der Waals surface area contributed by atoms with Gasteiger partial charge in [0.2, 0.25) is 11.9 Å². The molecule has 0 fully saturated rings. The maximum atomic E-state index is 11.9. The molecule has 0 aliphatic carbocycles. The van der Waals surface area contributed by atoms with E-state index in [0.717, 1.165) is 6.42 Å². The number of aromatic amines is 1. The van der Waals surface area contributed by atoms with E-state index in [1.54, 1.807) is 6.92 Å². The van der Waals surface area contributed by atoms with Gasteiger partial charge in [-0.25, -0.2) is 0 Å². The highest BCUT2D eigenvalue weighted by Gasteiger charge is 2.28. The molecule has 0 aliphatic heterocycles. The molecule has 0 saturated carbocycles. The molecule has 0 radical (unpaired) electrons. The van der Waals surface area contributed by atoms with Crippen LogP contribution in [0.15, 0.2) is 0 Å². The zero-order valence-corrected chi connectivity index (χ0v) is 11.3. The van der Waals surface area contributed by atoms with E-state index >= 15 is 0 Å². The third-order valence-corrected chi connectivity index (χ3v) is 2.58. The third kappa shape index (κ3) is 4.32. The zero-order valence-electron chi connectivity index (χ0n) is 11.3. The number of nitrogens with zero attached hydrogens (tertiary/aromatic N) is 2. The summed E-state index contributed by atoms with van der Waals surface area (Å²) in [6.07, 6.45) is 1.31. The van der Waals surface area contributed by atoms with Crippen molar-refractivity contribution in [2.75, 3.05) is 12.4 Å². The Labute approximate surface area is 111 Å². The van der Waals surface area contributed by atoms with Crippen molar-refractivity contribution in [3.63, 3.8) is 0 Å². The summed E-state index contributed by atoms with van der Waals surface area (Å²) in [6, 6.07) is 0. The van der Waals surface area contributed by atoms with Crippen LogP contribution in [-0.4, -0.2) is 39.7 Å². The summed E-state index contributed by atoms with van der Waals surface area (Å²) >= 11 is 0. The minimum atomic E-state index is -0.974. The van der Waals surface area contributed by atoms with E-state index in [1.807, 2.05) is 6.92 Å². The molecule has 1 aromatic rings. The molecule has 0 saturated heterocycles. The van der Waals surface area contributed by atoms with Crippen LogP contribution in [0, 0.1) is 0 Å². The van der Waals surface area contributed by atoms with Gasteiger partial charge in [-0.3, -0.25) is 20.0 Å². The van der Waals surface area contributed by atoms with Crippen molar-refractivity contribution in [1.82, 2.24) is 15.2 Å². The van der Waals surface area contributed by atoms with Gasteiger partial charge in [-0.2, -0.15) is 4.98 Å². The Morgan fingerprint density at radius 2 is 2.21 bits per heavy atom. The normalized spacial score (nSPS) is 13.7. The molecule has 8 heteroatoms. The fourth-order valence-corrected chi connectivity index (χ4v) is 1.52. The summed E-state index contributed by atoms with van der Waals surface area (Å²) < 4.78 is 4.50. The van der Waals surface area contributed by atoms with Crippen LogP contribution in [0.1, 0.15) is 32.5 Å². The van der Waals surface area contributed by atoms with Crippen molar-refractivity contribution >= 4 is 17.8 Å². The van der Waals surface area contributed by atoms with E-state index in [-0.39, 0.29) is 18.3 Å². The molecule has 19 heavy (non-hydrogen) atoms. The van der Waals surface area contributed by atoms with Crippen LogP contribution in [0.3, 0.4) is 0 Å². The number of H-pyrrole nitrogens is 1. The molecule has 0 aromatic carbocycles. The molecule has 4 N–H and O–H groups in total. The van der Waals surface area contributed by atoms with Crippen molar-refractivity contribution in [3.05, 3.63) is 5.82 Å². The monoisotopic (exact) mass is 269 g/mol. The van der Waals surface area contributed by atoms with Crippen molar-refractivity contribution in [3.8, 4) is 0 Å². The Hall–Kier alpha value is -1.96. The van der Waals surface area contributed by atoms with Crippen molar-refractivity contribution in [2.24, 2.45) is 5.73 Å². The number of hydrogen-bond donors (Lipinski definition) is 3. The number of anilines is 1. The molecule has 1 atom stereocenters. The molecule has 1 rings (SSSR count). The van der Waals surface area contributed by atoms with Crippen LogP contribution in [0.5, 0.6) is 0 Å². The summed E-state index contributed by atoms with van der Waals surface area (Å²) in [5.74, 6) is -0.394. The minimum Gasteiger partial charge on any atom is -0.469 e. The summed E-state index contributed by atoms with van der Waals surface area (Å²) in [5.41, 5.74) is 4.90. The second-order valence-corrected chi connectivity index (χ2v) is 4.48. The van der Waals surface area contributed by atoms with Gasteiger partial charge in [-0.05, 0) is 13.3 Å². The quantitative estimate of drug-likeness (QED) is 0.623. The molecule has 1 amide bonds.